The fraction of sp³-hybridized carbons (Fsp3) is 0.400. The maximum atomic E-state index is 4.49. The fourth-order valence-electron chi connectivity index (χ4n) is 2.50. The van der Waals surface area contributed by atoms with Gasteiger partial charge in [-0.3, -0.25) is 4.98 Å². The number of hydrogen-bond acceptors (Lipinski definition) is 3. The number of benzene rings is 1. The van der Waals surface area contributed by atoms with Crippen LogP contribution in [0.3, 0.4) is 0 Å². The Morgan fingerprint density at radius 3 is 3.11 bits per heavy atom. The monoisotopic (exact) mass is 241 g/mol. The zero-order valence-corrected chi connectivity index (χ0v) is 10.7. The molecule has 2 aromatic rings. The summed E-state index contributed by atoms with van der Waals surface area (Å²) in [6.45, 7) is 5.32. The molecule has 0 bridgehead atoms. The first kappa shape index (κ1) is 11.6. The third kappa shape index (κ3) is 2.37. The quantitative estimate of drug-likeness (QED) is 0.864. The molecular weight excluding hydrogens is 222 g/mol. The summed E-state index contributed by atoms with van der Waals surface area (Å²) in [5.74, 6) is 0. The molecule has 18 heavy (non-hydrogen) atoms. The fourth-order valence-corrected chi connectivity index (χ4v) is 2.50. The van der Waals surface area contributed by atoms with Crippen LogP contribution in [-0.4, -0.2) is 23.6 Å². The molecule has 0 spiro atoms. The van der Waals surface area contributed by atoms with E-state index in [1.807, 2.05) is 12.3 Å². The minimum atomic E-state index is 0.228. The lowest BCUT2D eigenvalue weighted by Crippen LogP contribution is -2.43. The Hall–Kier alpha value is -1.45. The van der Waals surface area contributed by atoms with Crippen LogP contribution in [0.15, 0.2) is 36.5 Å². The Kier molecular flexibility index (Phi) is 3.02. The van der Waals surface area contributed by atoms with Crippen LogP contribution in [0.25, 0.3) is 10.9 Å². The molecule has 0 radical (unpaired) electrons. The van der Waals surface area contributed by atoms with E-state index in [0.717, 1.165) is 25.2 Å². The molecule has 0 aliphatic carbocycles. The molecule has 3 heteroatoms. The summed E-state index contributed by atoms with van der Waals surface area (Å²) in [4.78, 5) is 4.49. The van der Waals surface area contributed by atoms with Gasteiger partial charge < -0.3 is 10.6 Å². The lowest BCUT2D eigenvalue weighted by atomic mass is 10.0. The highest BCUT2D eigenvalue weighted by Crippen LogP contribution is 2.16. The van der Waals surface area contributed by atoms with Crippen LogP contribution in [0.5, 0.6) is 0 Å². The molecule has 1 aromatic heterocycles. The standard InChI is InChI=1S/C15H19N3/c1-15(6-7-16-11-15)18-10-12-8-13-4-2-3-5-14(13)17-9-12/h2-5,8-9,16,18H,6-7,10-11H2,1H3. The van der Waals surface area contributed by atoms with Crippen LogP contribution in [0.4, 0.5) is 0 Å². The molecule has 0 saturated carbocycles. The lowest BCUT2D eigenvalue weighted by Gasteiger charge is -2.24. The van der Waals surface area contributed by atoms with Crippen molar-refractivity contribution in [2.24, 2.45) is 0 Å². The van der Waals surface area contributed by atoms with Crippen molar-refractivity contribution in [3.63, 3.8) is 0 Å². The van der Waals surface area contributed by atoms with Crippen molar-refractivity contribution in [3.8, 4) is 0 Å². The van der Waals surface area contributed by atoms with Crippen molar-refractivity contribution in [2.75, 3.05) is 13.1 Å². The van der Waals surface area contributed by atoms with E-state index in [0.29, 0.717) is 0 Å². The summed E-state index contributed by atoms with van der Waals surface area (Å²) in [6.07, 6.45) is 3.16. The minimum Gasteiger partial charge on any atom is -0.315 e. The molecule has 1 saturated heterocycles. The first-order valence-electron chi connectivity index (χ1n) is 6.55. The van der Waals surface area contributed by atoms with E-state index in [1.165, 1.54) is 17.4 Å². The van der Waals surface area contributed by atoms with Gasteiger partial charge in [0.25, 0.3) is 0 Å². The van der Waals surface area contributed by atoms with Gasteiger partial charge in [0, 0.05) is 30.2 Å². The second-order valence-electron chi connectivity index (χ2n) is 5.38. The second-order valence-corrected chi connectivity index (χ2v) is 5.38. The first-order chi connectivity index (χ1) is 8.75. The van der Waals surface area contributed by atoms with Crippen molar-refractivity contribution >= 4 is 10.9 Å². The van der Waals surface area contributed by atoms with E-state index in [-0.39, 0.29) is 5.54 Å². The zero-order chi connectivity index (χ0) is 12.4. The van der Waals surface area contributed by atoms with Crippen LogP contribution in [0.2, 0.25) is 0 Å². The van der Waals surface area contributed by atoms with Gasteiger partial charge in [-0.15, -0.1) is 0 Å². The largest absolute Gasteiger partial charge is 0.315 e. The third-order valence-corrected chi connectivity index (χ3v) is 3.74. The highest BCUT2D eigenvalue weighted by molar-refractivity contribution is 5.78. The Balaban J connectivity index is 1.74. The number of nitrogens with zero attached hydrogens (tertiary/aromatic N) is 1. The van der Waals surface area contributed by atoms with Crippen LogP contribution >= 0.6 is 0 Å². The number of fused-ring (bicyclic) bond motifs is 1. The van der Waals surface area contributed by atoms with E-state index >= 15 is 0 Å². The Morgan fingerprint density at radius 1 is 1.39 bits per heavy atom. The molecule has 1 aliphatic rings. The van der Waals surface area contributed by atoms with Crippen LogP contribution in [0, 0.1) is 0 Å². The SMILES string of the molecule is CC1(NCc2cnc3ccccc3c2)CCNC1. The molecule has 2 N–H and O–H groups in total. The normalized spacial score (nSPS) is 23.6. The predicted molar refractivity (Wildman–Crippen MR) is 74.5 cm³/mol. The number of nitrogens with one attached hydrogen (secondary N) is 2. The number of hydrogen-bond donors (Lipinski definition) is 2. The molecule has 0 amide bonds. The van der Waals surface area contributed by atoms with Crippen LogP contribution in [-0.2, 0) is 6.54 Å². The van der Waals surface area contributed by atoms with E-state index in [4.69, 9.17) is 0 Å². The summed E-state index contributed by atoms with van der Waals surface area (Å²) < 4.78 is 0. The Labute approximate surface area is 108 Å². The van der Waals surface area contributed by atoms with Gasteiger partial charge in [-0.2, -0.15) is 0 Å². The van der Waals surface area contributed by atoms with Crippen molar-refractivity contribution in [3.05, 3.63) is 42.1 Å². The van der Waals surface area contributed by atoms with Gasteiger partial charge in [0.15, 0.2) is 0 Å². The Bertz CT molecular complexity index is 544. The maximum absolute atomic E-state index is 4.49. The van der Waals surface area contributed by atoms with E-state index in [2.05, 4.69) is 46.8 Å². The summed E-state index contributed by atoms with van der Waals surface area (Å²) in [5.41, 5.74) is 2.54. The second kappa shape index (κ2) is 4.67. The van der Waals surface area contributed by atoms with Gasteiger partial charge in [0.1, 0.15) is 0 Å². The number of rotatable bonds is 3. The predicted octanol–water partition coefficient (Wildman–Crippen LogP) is 2.08. The van der Waals surface area contributed by atoms with Gasteiger partial charge in [0.05, 0.1) is 5.52 Å². The van der Waals surface area contributed by atoms with Crippen molar-refractivity contribution in [1.82, 2.24) is 15.6 Å². The molecule has 1 unspecified atom stereocenters. The Morgan fingerprint density at radius 2 is 2.28 bits per heavy atom. The molecule has 3 nitrogen and oxygen atoms in total. The lowest BCUT2D eigenvalue weighted by molar-refractivity contribution is 0.385. The summed E-state index contributed by atoms with van der Waals surface area (Å²) in [6, 6.07) is 10.5. The molecule has 1 atom stereocenters. The minimum absolute atomic E-state index is 0.228. The summed E-state index contributed by atoms with van der Waals surface area (Å²) in [5, 5.41) is 8.25. The topological polar surface area (TPSA) is 37.0 Å². The molecule has 2 heterocycles. The van der Waals surface area contributed by atoms with E-state index < -0.39 is 0 Å². The van der Waals surface area contributed by atoms with Crippen molar-refractivity contribution < 1.29 is 0 Å². The highest BCUT2D eigenvalue weighted by Gasteiger charge is 2.27. The first-order valence-corrected chi connectivity index (χ1v) is 6.55. The number of para-hydroxylation sites is 1. The molecule has 1 aliphatic heterocycles. The molecule has 3 rings (SSSR count). The smallest absolute Gasteiger partial charge is 0.0702 e. The van der Waals surface area contributed by atoms with Gasteiger partial charge in [-0.25, -0.2) is 0 Å². The average molecular weight is 241 g/mol. The molecule has 94 valence electrons. The van der Waals surface area contributed by atoms with Crippen LogP contribution < -0.4 is 10.6 Å². The number of pyridine rings is 1. The van der Waals surface area contributed by atoms with Gasteiger partial charge in [0.2, 0.25) is 0 Å². The molecule has 1 aromatic carbocycles. The zero-order valence-electron chi connectivity index (χ0n) is 10.7. The molecule has 1 fully saturated rings. The maximum Gasteiger partial charge on any atom is 0.0702 e. The average Bonchev–Trinajstić information content (AvgIpc) is 2.84. The summed E-state index contributed by atoms with van der Waals surface area (Å²) >= 11 is 0. The van der Waals surface area contributed by atoms with E-state index in [1.54, 1.807) is 0 Å². The third-order valence-electron chi connectivity index (χ3n) is 3.74. The van der Waals surface area contributed by atoms with E-state index in [9.17, 15) is 0 Å². The molecular formula is C15H19N3. The van der Waals surface area contributed by atoms with Crippen LogP contribution in [0.1, 0.15) is 18.9 Å². The van der Waals surface area contributed by atoms with Gasteiger partial charge in [-0.1, -0.05) is 18.2 Å². The van der Waals surface area contributed by atoms with Gasteiger partial charge >= 0.3 is 0 Å². The highest BCUT2D eigenvalue weighted by atomic mass is 15.1. The number of aromatic nitrogens is 1. The van der Waals surface area contributed by atoms with Gasteiger partial charge in [-0.05, 0) is 37.6 Å². The van der Waals surface area contributed by atoms with Crippen molar-refractivity contribution in [1.29, 1.82) is 0 Å². The van der Waals surface area contributed by atoms with Crippen molar-refractivity contribution in [2.45, 2.75) is 25.4 Å². The summed E-state index contributed by atoms with van der Waals surface area (Å²) in [7, 11) is 0.